The summed E-state index contributed by atoms with van der Waals surface area (Å²) in [4.78, 5) is 8.00. The van der Waals surface area contributed by atoms with Crippen LogP contribution in [-0.2, 0) is 4.79 Å². The lowest BCUT2D eigenvalue weighted by atomic mass is 10.9. The fourth-order valence-corrected chi connectivity index (χ4v) is 0.0630. The molecule has 0 bridgehead atoms. The van der Waals surface area contributed by atoms with E-state index in [2.05, 4.69) is 0 Å². The Bertz CT molecular complexity index is 34.5. The van der Waals surface area contributed by atoms with Gasteiger partial charge in [0.15, 0.2) is 0 Å². The van der Waals surface area contributed by atoms with Gasteiger partial charge in [0.05, 0.1) is 0 Å². The molecule has 0 heterocycles. The molecule has 36 valence electrons. The lowest BCUT2D eigenvalue weighted by molar-refractivity contribution is -0.0979. The molecule has 0 amide bonds. The summed E-state index contributed by atoms with van der Waals surface area (Å²) < 4.78 is 11.1. The minimum Gasteiger partial charge on any atom is -0.307 e. The number of carbonyl (C=O) groups excluding carboxylic acids is 1. The van der Waals surface area contributed by atoms with Crippen molar-refractivity contribution < 1.29 is 9.18 Å². The van der Waals surface area contributed by atoms with Crippen molar-refractivity contribution in [3.05, 3.63) is 0 Å². The van der Waals surface area contributed by atoms with Crippen molar-refractivity contribution in [2.45, 2.75) is 19.0 Å². The fourth-order valence-electron chi connectivity index (χ4n) is 0.0630. The van der Waals surface area contributed by atoms with E-state index in [9.17, 15) is 4.39 Å². The van der Waals surface area contributed by atoms with Gasteiger partial charge in [0.1, 0.15) is 13.0 Å². The van der Waals surface area contributed by atoms with Gasteiger partial charge in [0, 0.05) is 0 Å². The molecule has 0 aromatic carbocycles. The van der Waals surface area contributed by atoms with Crippen molar-refractivity contribution in [3.63, 3.8) is 0 Å². The molecule has 1 rings (SSSR count). The maximum atomic E-state index is 11.1. The second kappa shape index (κ2) is 2.82. The molecule has 1 aliphatic rings. The van der Waals surface area contributed by atoms with Gasteiger partial charge in [-0.1, -0.05) is 0 Å². The average molecular weight is 90.1 g/mol. The van der Waals surface area contributed by atoms with Gasteiger partial charge in [-0.05, 0) is 12.8 Å². The quantitative estimate of drug-likeness (QED) is 0.432. The van der Waals surface area contributed by atoms with Gasteiger partial charge in [-0.15, -0.1) is 0 Å². The van der Waals surface area contributed by atoms with Crippen LogP contribution in [0.2, 0.25) is 0 Å². The van der Waals surface area contributed by atoms with E-state index < -0.39 is 6.17 Å². The minimum atomic E-state index is -0.417. The average Bonchev–Trinajstić information content (AvgIpc) is 2.30. The minimum absolute atomic E-state index is 0.417. The van der Waals surface area contributed by atoms with Crippen LogP contribution < -0.4 is 0 Å². The van der Waals surface area contributed by atoms with Gasteiger partial charge < -0.3 is 4.79 Å². The van der Waals surface area contributed by atoms with Crippen molar-refractivity contribution in [3.8, 4) is 0 Å². The molecule has 1 fully saturated rings. The fraction of sp³-hybridized carbons (Fsp3) is 0.750. The summed E-state index contributed by atoms with van der Waals surface area (Å²) in [6, 6.07) is 0. The Morgan fingerprint density at radius 1 is 1.50 bits per heavy atom. The molecule has 0 aromatic rings. The molecular weight excluding hydrogens is 83.0 g/mol. The number of hydrogen-bond acceptors (Lipinski definition) is 1. The van der Waals surface area contributed by atoms with Crippen molar-refractivity contribution in [2.75, 3.05) is 0 Å². The summed E-state index contributed by atoms with van der Waals surface area (Å²) in [6.07, 6.45) is 1.22. The van der Waals surface area contributed by atoms with Crippen LogP contribution in [0.15, 0.2) is 0 Å². The molecule has 1 nitrogen and oxygen atoms in total. The first kappa shape index (κ1) is 5.60. The number of rotatable bonds is 0. The predicted octanol–water partition coefficient (Wildman–Crippen LogP) is 0.933. The number of hydrogen-bond donors (Lipinski definition) is 0. The van der Waals surface area contributed by atoms with Crippen LogP contribution in [0.1, 0.15) is 12.8 Å². The Labute approximate surface area is 36.2 Å². The lowest BCUT2D eigenvalue weighted by Gasteiger charge is -1.50. The van der Waals surface area contributed by atoms with Crippen LogP contribution in [0.3, 0.4) is 0 Å². The summed E-state index contributed by atoms with van der Waals surface area (Å²) in [5.74, 6) is 0. The smallest absolute Gasteiger partial charge is 0.106 e. The Hall–Kier alpha value is -0.400. The number of carbonyl (C=O) groups is 1. The van der Waals surface area contributed by atoms with Gasteiger partial charge in [0.2, 0.25) is 0 Å². The Balaban J connectivity index is 0.000000112. The van der Waals surface area contributed by atoms with E-state index in [1.165, 1.54) is 0 Å². The molecule has 1 saturated carbocycles. The highest BCUT2D eigenvalue weighted by atomic mass is 19.1. The van der Waals surface area contributed by atoms with Crippen LogP contribution in [0.4, 0.5) is 4.39 Å². The third-order valence-electron chi connectivity index (χ3n) is 0.507. The normalized spacial score (nSPS) is 18.2. The molecule has 0 N–H and O–H groups in total. The zero-order chi connectivity index (χ0) is 4.99. The highest BCUT2D eigenvalue weighted by Crippen LogP contribution is 2.22. The van der Waals surface area contributed by atoms with E-state index in [1.807, 2.05) is 6.79 Å². The van der Waals surface area contributed by atoms with E-state index in [-0.39, 0.29) is 0 Å². The van der Waals surface area contributed by atoms with Crippen molar-refractivity contribution >= 4 is 6.79 Å². The van der Waals surface area contributed by atoms with Gasteiger partial charge in [-0.25, -0.2) is 4.39 Å². The second-order valence-electron chi connectivity index (χ2n) is 1.17. The zero-order valence-electron chi connectivity index (χ0n) is 3.48. The molecule has 0 atom stereocenters. The summed E-state index contributed by atoms with van der Waals surface area (Å²) in [5.41, 5.74) is 0. The number of alkyl halides is 1. The SMILES string of the molecule is C=O.FC1CC1. The van der Waals surface area contributed by atoms with Crippen molar-refractivity contribution in [2.24, 2.45) is 0 Å². The molecule has 0 unspecified atom stereocenters. The molecule has 0 spiro atoms. The highest BCUT2D eigenvalue weighted by molar-refractivity contribution is 5.10. The third-order valence-corrected chi connectivity index (χ3v) is 0.507. The van der Waals surface area contributed by atoms with Gasteiger partial charge in [0.25, 0.3) is 0 Å². The second-order valence-corrected chi connectivity index (χ2v) is 1.17. The first-order valence-electron chi connectivity index (χ1n) is 1.82. The van der Waals surface area contributed by atoms with Crippen molar-refractivity contribution in [1.82, 2.24) is 0 Å². The van der Waals surface area contributed by atoms with Crippen LogP contribution in [0.5, 0.6) is 0 Å². The largest absolute Gasteiger partial charge is 0.307 e. The lowest BCUT2D eigenvalue weighted by Crippen LogP contribution is -1.49. The molecular formula is C4H7FO. The van der Waals surface area contributed by atoms with E-state index >= 15 is 0 Å². The Morgan fingerprint density at radius 2 is 1.67 bits per heavy atom. The predicted molar refractivity (Wildman–Crippen MR) is 21.3 cm³/mol. The maximum absolute atomic E-state index is 11.1. The summed E-state index contributed by atoms with van der Waals surface area (Å²) in [7, 11) is 0. The standard InChI is InChI=1S/C3H5F.CH2O/c4-3-1-2-3;1-2/h3H,1-2H2;1H2. The zero-order valence-corrected chi connectivity index (χ0v) is 3.48. The first-order chi connectivity index (χ1) is 2.89. The highest BCUT2D eigenvalue weighted by Gasteiger charge is 2.18. The van der Waals surface area contributed by atoms with E-state index in [0.29, 0.717) is 0 Å². The topological polar surface area (TPSA) is 17.1 Å². The van der Waals surface area contributed by atoms with E-state index in [1.54, 1.807) is 0 Å². The van der Waals surface area contributed by atoms with Crippen molar-refractivity contribution in [1.29, 1.82) is 0 Å². The van der Waals surface area contributed by atoms with Gasteiger partial charge >= 0.3 is 0 Å². The van der Waals surface area contributed by atoms with E-state index in [0.717, 1.165) is 12.8 Å². The summed E-state index contributed by atoms with van der Waals surface area (Å²) >= 11 is 0. The van der Waals surface area contributed by atoms with E-state index in [4.69, 9.17) is 4.79 Å². The van der Waals surface area contributed by atoms with Crippen LogP contribution in [0, 0.1) is 0 Å². The first-order valence-corrected chi connectivity index (χ1v) is 1.82. The van der Waals surface area contributed by atoms with Gasteiger partial charge in [-0.2, -0.15) is 0 Å². The Kier molecular flexibility index (Phi) is 2.63. The van der Waals surface area contributed by atoms with Crippen LogP contribution in [-0.4, -0.2) is 13.0 Å². The maximum Gasteiger partial charge on any atom is 0.106 e. The van der Waals surface area contributed by atoms with Crippen LogP contribution in [0.25, 0.3) is 0 Å². The summed E-state index contributed by atoms with van der Waals surface area (Å²) in [5, 5.41) is 0. The Morgan fingerprint density at radius 3 is 1.67 bits per heavy atom. The molecule has 0 aromatic heterocycles. The van der Waals surface area contributed by atoms with Crippen LogP contribution >= 0.6 is 0 Å². The third kappa shape index (κ3) is 3.60. The summed E-state index contributed by atoms with van der Waals surface area (Å²) in [6.45, 7) is 2.00. The monoisotopic (exact) mass is 90.0 g/mol. The molecule has 2 heteroatoms. The molecule has 1 aliphatic carbocycles. The molecule has 0 aliphatic heterocycles. The molecule has 6 heavy (non-hydrogen) atoms. The molecule has 0 radical (unpaired) electrons. The number of halogens is 1. The van der Waals surface area contributed by atoms with Gasteiger partial charge in [-0.3, -0.25) is 0 Å². The molecule has 0 saturated heterocycles.